The van der Waals surface area contributed by atoms with Gasteiger partial charge in [-0.3, -0.25) is 10.4 Å². The van der Waals surface area contributed by atoms with Crippen molar-refractivity contribution in [2.45, 2.75) is 6.61 Å². The van der Waals surface area contributed by atoms with Gasteiger partial charge in [0.05, 0.1) is 6.61 Å². The third kappa shape index (κ3) is 5.40. The number of hydrazine groups is 1. The van der Waals surface area contributed by atoms with Crippen molar-refractivity contribution in [3.63, 3.8) is 0 Å². The van der Waals surface area contributed by atoms with E-state index >= 15 is 0 Å². The van der Waals surface area contributed by atoms with Crippen molar-refractivity contribution < 1.29 is 9.09 Å². The van der Waals surface area contributed by atoms with Crippen LogP contribution >= 0.6 is 30.9 Å². The number of halogens is 2. The van der Waals surface area contributed by atoms with Crippen LogP contribution in [0.1, 0.15) is 5.56 Å². The standard InChI is InChI=1S/C11H18Cl2N3O2P/c12-6-8-16(9-7-13)19(17,15-14)18-10-11-4-2-1-3-5-11/h1-5H,6-10,14H2,(H,15,17)/t19-/m0/s1. The first kappa shape index (κ1) is 16.9. The minimum Gasteiger partial charge on any atom is -0.300 e. The molecule has 0 saturated heterocycles. The van der Waals surface area contributed by atoms with Crippen LogP contribution in [0, 0.1) is 0 Å². The maximum atomic E-state index is 12.6. The van der Waals surface area contributed by atoms with Gasteiger partial charge in [-0.2, -0.15) is 5.20 Å². The highest BCUT2D eigenvalue weighted by Crippen LogP contribution is 2.46. The fraction of sp³-hybridized carbons (Fsp3) is 0.455. The first-order valence-corrected chi connectivity index (χ1v) is 8.44. The predicted molar refractivity (Wildman–Crippen MR) is 79.2 cm³/mol. The molecule has 0 aromatic heterocycles. The van der Waals surface area contributed by atoms with Gasteiger partial charge >= 0.3 is 7.67 Å². The van der Waals surface area contributed by atoms with E-state index in [1.807, 2.05) is 30.3 Å². The molecule has 0 radical (unpaired) electrons. The van der Waals surface area contributed by atoms with Crippen molar-refractivity contribution >= 4 is 30.9 Å². The summed E-state index contributed by atoms with van der Waals surface area (Å²) in [7, 11) is -3.32. The molecule has 1 aromatic carbocycles. The molecule has 0 amide bonds. The lowest BCUT2D eigenvalue weighted by atomic mass is 10.2. The summed E-state index contributed by atoms with van der Waals surface area (Å²) in [5.41, 5.74) is 0.912. The van der Waals surface area contributed by atoms with Gasteiger partial charge in [0.1, 0.15) is 0 Å². The molecule has 1 rings (SSSR count). The molecule has 0 saturated carbocycles. The third-order valence-electron chi connectivity index (χ3n) is 2.47. The molecule has 0 aliphatic carbocycles. The lowest BCUT2D eigenvalue weighted by molar-refractivity contribution is 0.248. The van der Waals surface area contributed by atoms with Gasteiger partial charge in [0.15, 0.2) is 0 Å². The van der Waals surface area contributed by atoms with E-state index in [4.69, 9.17) is 33.6 Å². The Labute approximate surface area is 123 Å². The zero-order chi connectivity index (χ0) is 14.1. The van der Waals surface area contributed by atoms with Crippen LogP contribution in [0.25, 0.3) is 0 Å². The average Bonchev–Trinajstić information content (AvgIpc) is 2.46. The van der Waals surface area contributed by atoms with Crippen molar-refractivity contribution in [2.24, 2.45) is 5.84 Å². The molecule has 5 nitrogen and oxygen atoms in total. The molecular weight excluding hydrogens is 308 g/mol. The summed E-state index contributed by atoms with van der Waals surface area (Å²) >= 11 is 11.4. The van der Waals surface area contributed by atoms with Crippen LogP contribution in [-0.4, -0.2) is 29.5 Å². The van der Waals surface area contributed by atoms with Crippen molar-refractivity contribution in [3.8, 4) is 0 Å². The van der Waals surface area contributed by atoms with E-state index in [0.717, 1.165) is 5.56 Å². The van der Waals surface area contributed by atoms with E-state index in [1.54, 1.807) is 0 Å². The third-order valence-corrected chi connectivity index (χ3v) is 4.76. The largest absolute Gasteiger partial charge is 0.356 e. The van der Waals surface area contributed by atoms with Gasteiger partial charge in [0.2, 0.25) is 0 Å². The fourth-order valence-electron chi connectivity index (χ4n) is 1.51. The van der Waals surface area contributed by atoms with Crippen LogP contribution in [0.3, 0.4) is 0 Å². The number of hydrogen-bond donors (Lipinski definition) is 2. The van der Waals surface area contributed by atoms with Crippen molar-refractivity contribution in [2.75, 3.05) is 24.8 Å². The van der Waals surface area contributed by atoms with E-state index in [9.17, 15) is 4.57 Å². The maximum absolute atomic E-state index is 12.6. The molecule has 108 valence electrons. The molecule has 1 atom stereocenters. The Bertz CT molecular complexity index is 402. The van der Waals surface area contributed by atoms with Gasteiger partial charge in [0.25, 0.3) is 0 Å². The summed E-state index contributed by atoms with van der Waals surface area (Å²) in [6.07, 6.45) is 0. The topological polar surface area (TPSA) is 67.6 Å². The van der Waals surface area contributed by atoms with Crippen LogP contribution < -0.4 is 11.0 Å². The Hall–Kier alpha value is -0.130. The molecule has 8 heteroatoms. The van der Waals surface area contributed by atoms with E-state index in [1.165, 1.54) is 4.67 Å². The highest BCUT2D eigenvalue weighted by molar-refractivity contribution is 7.54. The first-order valence-electron chi connectivity index (χ1n) is 5.80. The summed E-state index contributed by atoms with van der Waals surface area (Å²) in [6.45, 7) is 0.957. The molecule has 19 heavy (non-hydrogen) atoms. The lowest BCUT2D eigenvalue weighted by Crippen LogP contribution is -2.35. The Morgan fingerprint density at radius 3 is 2.26 bits per heavy atom. The molecule has 3 N–H and O–H groups in total. The maximum Gasteiger partial charge on any atom is 0.356 e. The van der Waals surface area contributed by atoms with Gasteiger partial charge in [0, 0.05) is 24.8 Å². The predicted octanol–water partition coefficient (Wildman–Crippen LogP) is 2.55. The first-order chi connectivity index (χ1) is 9.16. The van der Waals surface area contributed by atoms with Gasteiger partial charge in [-0.05, 0) is 5.56 Å². The van der Waals surface area contributed by atoms with Gasteiger partial charge in [-0.1, -0.05) is 30.3 Å². The summed E-state index contributed by atoms with van der Waals surface area (Å²) < 4.78 is 19.6. The van der Waals surface area contributed by atoms with Gasteiger partial charge < -0.3 is 4.52 Å². The molecule has 0 aliphatic rings. The summed E-state index contributed by atoms with van der Waals surface area (Å²) in [5, 5.41) is 2.26. The smallest absolute Gasteiger partial charge is 0.300 e. The van der Waals surface area contributed by atoms with E-state index in [0.29, 0.717) is 24.8 Å². The number of nitrogens with zero attached hydrogens (tertiary/aromatic N) is 1. The Balaban J connectivity index is 2.70. The normalized spacial score (nSPS) is 14.5. The summed E-state index contributed by atoms with van der Waals surface area (Å²) in [5.74, 6) is 6.00. The van der Waals surface area contributed by atoms with Crippen LogP contribution in [0.15, 0.2) is 30.3 Å². The molecule has 0 fully saturated rings. The second kappa shape index (κ2) is 8.93. The number of alkyl halides is 2. The lowest BCUT2D eigenvalue weighted by Gasteiger charge is -2.28. The van der Waals surface area contributed by atoms with E-state index < -0.39 is 7.67 Å². The quantitative estimate of drug-likeness (QED) is 0.316. The highest BCUT2D eigenvalue weighted by Gasteiger charge is 2.30. The molecule has 0 heterocycles. The SMILES string of the molecule is NN[P@](=O)(OCc1ccccc1)N(CCCl)CCCl. The van der Waals surface area contributed by atoms with Crippen LogP contribution in [0.2, 0.25) is 0 Å². The molecule has 0 bridgehead atoms. The minimum absolute atomic E-state index is 0.198. The molecule has 0 spiro atoms. The van der Waals surface area contributed by atoms with E-state index in [2.05, 4.69) is 5.20 Å². The second-order valence-corrected chi connectivity index (χ2v) is 6.62. The van der Waals surface area contributed by atoms with E-state index in [-0.39, 0.29) is 6.61 Å². The number of benzene rings is 1. The summed E-state index contributed by atoms with van der Waals surface area (Å²) in [6, 6.07) is 9.43. The zero-order valence-corrected chi connectivity index (χ0v) is 12.9. The van der Waals surface area contributed by atoms with Gasteiger partial charge in [-0.25, -0.2) is 4.67 Å². The molecular formula is C11H18Cl2N3O2P. The van der Waals surface area contributed by atoms with Crippen LogP contribution in [-0.2, 0) is 15.7 Å². The van der Waals surface area contributed by atoms with Crippen LogP contribution in [0.4, 0.5) is 0 Å². The van der Waals surface area contributed by atoms with Crippen molar-refractivity contribution in [3.05, 3.63) is 35.9 Å². The molecule has 0 unspecified atom stereocenters. The summed E-state index contributed by atoms with van der Waals surface area (Å²) in [4.78, 5) is 0. The van der Waals surface area contributed by atoms with Crippen LogP contribution in [0.5, 0.6) is 0 Å². The second-order valence-electron chi connectivity index (χ2n) is 3.74. The Morgan fingerprint density at radius 2 is 1.79 bits per heavy atom. The number of nitrogens with one attached hydrogen (secondary N) is 1. The fourth-order valence-corrected chi connectivity index (χ4v) is 3.60. The molecule has 0 aliphatic heterocycles. The monoisotopic (exact) mass is 325 g/mol. The number of nitrogens with two attached hydrogens (primary N) is 1. The Morgan fingerprint density at radius 1 is 1.21 bits per heavy atom. The zero-order valence-electron chi connectivity index (χ0n) is 10.5. The average molecular weight is 326 g/mol. The highest BCUT2D eigenvalue weighted by atomic mass is 35.5. The molecule has 1 aromatic rings. The number of rotatable bonds is 9. The minimum atomic E-state index is -3.32. The van der Waals surface area contributed by atoms with Crippen molar-refractivity contribution in [1.29, 1.82) is 0 Å². The Kier molecular flexibility index (Phi) is 7.95. The number of hydrogen-bond acceptors (Lipinski definition) is 3. The van der Waals surface area contributed by atoms with Gasteiger partial charge in [-0.15, -0.1) is 23.2 Å². The van der Waals surface area contributed by atoms with Crippen molar-refractivity contribution in [1.82, 2.24) is 9.87 Å².